The fourth-order valence-electron chi connectivity index (χ4n) is 1.89. The number of oxazole rings is 1. The summed E-state index contributed by atoms with van der Waals surface area (Å²) in [5.41, 5.74) is 0.537. The highest BCUT2D eigenvalue weighted by Gasteiger charge is 2.42. The second kappa shape index (κ2) is 3.20. The van der Waals surface area contributed by atoms with Crippen molar-refractivity contribution in [3.05, 3.63) is 24.3 Å². The monoisotopic (exact) mass is 220 g/mol. The summed E-state index contributed by atoms with van der Waals surface area (Å²) in [5, 5.41) is 18.6. The normalized spacial score (nSPS) is 18.8. The minimum absolute atomic E-state index is 0.232. The van der Waals surface area contributed by atoms with Crippen molar-refractivity contribution >= 4 is 17.1 Å². The number of aliphatic hydroxyl groups excluding tert-OH is 1. The van der Waals surface area contributed by atoms with Crippen molar-refractivity contribution in [1.82, 2.24) is 4.98 Å². The molecule has 1 fully saturated rings. The summed E-state index contributed by atoms with van der Waals surface area (Å²) in [6.45, 7) is 0.483. The zero-order valence-corrected chi connectivity index (χ0v) is 8.63. The minimum Gasteiger partial charge on any atom is -0.423 e. The molecule has 0 unspecified atom stereocenters. The molecule has 2 aromatic rings. The van der Waals surface area contributed by atoms with Crippen molar-refractivity contribution in [3.63, 3.8) is 0 Å². The first-order valence-corrected chi connectivity index (χ1v) is 5.14. The predicted molar refractivity (Wildman–Crippen MR) is 58.3 cm³/mol. The van der Waals surface area contributed by atoms with E-state index < -0.39 is 5.60 Å². The molecule has 1 aromatic carbocycles. The van der Waals surface area contributed by atoms with Crippen molar-refractivity contribution in [3.8, 4) is 0 Å². The highest BCUT2D eigenvalue weighted by molar-refractivity contribution is 5.74. The molecule has 2 N–H and O–H groups in total. The molecule has 0 atom stereocenters. The number of benzene rings is 1. The maximum atomic E-state index is 9.66. The van der Waals surface area contributed by atoms with Crippen LogP contribution in [0.2, 0.25) is 0 Å². The molecule has 0 spiro atoms. The number of aromatic nitrogens is 1. The van der Waals surface area contributed by atoms with Crippen molar-refractivity contribution in [1.29, 1.82) is 0 Å². The first kappa shape index (κ1) is 9.62. The Labute approximate surface area is 91.9 Å². The van der Waals surface area contributed by atoms with Gasteiger partial charge in [-0.3, -0.25) is 0 Å². The lowest BCUT2D eigenvalue weighted by Crippen LogP contribution is -2.64. The van der Waals surface area contributed by atoms with Crippen molar-refractivity contribution in [2.24, 2.45) is 0 Å². The molecule has 1 aliphatic heterocycles. The number of aliphatic hydroxyl groups is 2. The van der Waals surface area contributed by atoms with Crippen molar-refractivity contribution < 1.29 is 14.6 Å². The molecule has 16 heavy (non-hydrogen) atoms. The van der Waals surface area contributed by atoms with E-state index in [0.29, 0.717) is 19.1 Å². The molecule has 5 nitrogen and oxygen atoms in total. The zero-order valence-electron chi connectivity index (χ0n) is 8.63. The maximum Gasteiger partial charge on any atom is 0.298 e. The Balaban J connectivity index is 1.86. The molecule has 0 bridgehead atoms. The molecular weight excluding hydrogens is 208 g/mol. The number of hydrogen-bond acceptors (Lipinski definition) is 5. The van der Waals surface area contributed by atoms with E-state index in [2.05, 4.69) is 4.98 Å². The Morgan fingerprint density at radius 2 is 2.12 bits per heavy atom. The topological polar surface area (TPSA) is 69.7 Å². The molecule has 0 aliphatic carbocycles. The molecule has 0 radical (unpaired) electrons. The third-order valence-corrected chi connectivity index (χ3v) is 2.82. The second-order valence-corrected chi connectivity index (χ2v) is 4.20. The smallest absolute Gasteiger partial charge is 0.298 e. The lowest BCUT2D eigenvalue weighted by atomic mass is 9.96. The van der Waals surface area contributed by atoms with Gasteiger partial charge in [0.15, 0.2) is 5.58 Å². The van der Waals surface area contributed by atoms with Crippen LogP contribution < -0.4 is 4.90 Å². The predicted octanol–water partition coefficient (Wildman–Crippen LogP) is 0.371. The van der Waals surface area contributed by atoms with Gasteiger partial charge in [-0.1, -0.05) is 12.1 Å². The number of anilines is 1. The van der Waals surface area contributed by atoms with Gasteiger partial charge in [-0.2, -0.15) is 4.98 Å². The number of hydrogen-bond donors (Lipinski definition) is 2. The third kappa shape index (κ3) is 1.36. The zero-order chi connectivity index (χ0) is 11.2. The quantitative estimate of drug-likeness (QED) is 0.765. The van der Waals surface area contributed by atoms with E-state index in [1.54, 1.807) is 4.90 Å². The lowest BCUT2D eigenvalue weighted by molar-refractivity contribution is -0.0379. The van der Waals surface area contributed by atoms with Crippen LogP contribution in [0, 0.1) is 0 Å². The van der Waals surface area contributed by atoms with Gasteiger partial charge in [0, 0.05) is 0 Å². The van der Waals surface area contributed by atoms with Crippen molar-refractivity contribution in [2.75, 3.05) is 24.6 Å². The van der Waals surface area contributed by atoms with Crippen LogP contribution >= 0.6 is 0 Å². The number of nitrogens with zero attached hydrogens (tertiary/aromatic N) is 2. The van der Waals surface area contributed by atoms with Gasteiger partial charge >= 0.3 is 0 Å². The standard InChI is InChI=1S/C11H12N2O3/c14-7-11(15)5-13(6-11)10-12-8-3-1-2-4-9(8)16-10/h1-4,14-15H,5-7H2. The van der Waals surface area contributed by atoms with Crippen LogP contribution in [0.5, 0.6) is 0 Å². The van der Waals surface area contributed by atoms with Crippen LogP contribution in [0.4, 0.5) is 6.01 Å². The van der Waals surface area contributed by atoms with E-state index in [-0.39, 0.29) is 6.61 Å². The molecular formula is C11H12N2O3. The Hall–Kier alpha value is -1.59. The first-order chi connectivity index (χ1) is 7.70. The minimum atomic E-state index is -0.999. The average Bonchev–Trinajstić information content (AvgIpc) is 2.67. The van der Waals surface area contributed by atoms with Gasteiger partial charge in [-0.25, -0.2) is 0 Å². The van der Waals surface area contributed by atoms with Crippen LogP contribution in [0.25, 0.3) is 11.1 Å². The maximum absolute atomic E-state index is 9.66. The molecule has 1 aromatic heterocycles. The van der Waals surface area contributed by atoms with Gasteiger partial charge < -0.3 is 19.5 Å². The fraction of sp³-hybridized carbons (Fsp3) is 0.364. The average molecular weight is 220 g/mol. The van der Waals surface area contributed by atoms with Crippen LogP contribution in [0.3, 0.4) is 0 Å². The summed E-state index contributed by atoms with van der Waals surface area (Å²) in [7, 11) is 0. The highest BCUT2D eigenvalue weighted by atomic mass is 16.4. The van der Waals surface area contributed by atoms with E-state index in [9.17, 15) is 5.11 Å². The lowest BCUT2D eigenvalue weighted by Gasteiger charge is -2.44. The highest BCUT2D eigenvalue weighted by Crippen LogP contribution is 2.29. The summed E-state index contributed by atoms with van der Waals surface area (Å²) in [6, 6.07) is 8.01. The number of fused-ring (bicyclic) bond motifs is 1. The van der Waals surface area contributed by atoms with Crippen LogP contribution in [-0.2, 0) is 0 Å². The first-order valence-electron chi connectivity index (χ1n) is 5.14. The molecule has 1 saturated heterocycles. The second-order valence-electron chi connectivity index (χ2n) is 4.20. The summed E-state index contributed by atoms with van der Waals surface area (Å²) in [6.07, 6.45) is 0. The molecule has 0 saturated carbocycles. The fourth-order valence-corrected chi connectivity index (χ4v) is 1.89. The van der Waals surface area contributed by atoms with Crippen LogP contribution in [-0.4, -0.2) is 40.5 Å². The summed E-state index contributed by atoms with van der Waals surface area (Å²) in [5.74, 6) is 0. The van der Waals surface area contributed by atoms with Gasteiger partial charge in [0.1, 0.15) is 11.1 Å². The Morgan fingerprint density at radius 3 is 2.81 bits per heavy atom. The Bertz CT molecular complexity index is 484. The number of rotatable bonds is 2. The van der Waals surface area contributed by atoms with Crippen LogP contribution in [0.1, 0.15) is 0 Å². The molecule has 0 amide bonds. The van der Waals surface area contributed by atoms with Gasteiger partial charge in [-0.15, -0.1) is 0 Å². The van der Waals surface area contributed by atoms with Crippen LogP contribution in [0.15, 0.2) is 28.7 Å². The molecule has 1 aliphatic rings. The van der Waals surface area contributed by atoms with Gasteiger partial charge in [0.25, 0.3) is 6.01 Å². The number of β-amino-alcohol motifs (C(OH)–C–C–N with tert-alkyl or cyclic N) is 1. The van der Waals surface area contributed by atoms with E-state index in [0.717, 1.165) is 11.1 Å². The Morgan fingerprint density at radius 1 is 1.38 bits per heavy atom. The molecule has 3 rings (SSSR count). The third-order valence-electron chi connectivity index (χ3n) is 2.82. The van der Waals surface area contributed by atoms with E-state index >= 15 is 0 Å². The van der Waals surface area contributed by atoms with E-state index in [4.69, 9.17) is 9.52 Å². The van der Waals surface area contributed by atoms with Gasteiger partial charge in [0.05, 0.1) is 19.7 Å². The molecule has 84 valence electrons. The summed E-state index contributed by atoms with van der Waals surface area (Å²) in [4.78, 5) is 6.10. The van der Waals surface area contributed by atoms with E-state index in [1.165, 1.54) is 0 Å². The molecule has 2 heterocycles. The van der Waals surface area contributed by atoms with Gasteiger partial charge in [-0.05, 0) is 12.1 Å². The summed E-state index contributed by atoms with van der Waals surface area (Å²) >= 11 is 0. The largest absolute Gasteiger partial charge is 0.423 e. The van der Waals surface area contributed by atoms with Gasteiger partial charge in [0.2, 0.25) is 0 Å². The summed E-state index contributed by atoms with van der Waals surface area (Å²) < 4.78 is 5.53. The SMILES string of the molecule is OCC1(O)CN(c2nc3ccccc3o2)C1. The number of para-hydroxylation sites is 2. The van der Waals surface area contributed by atoms with E-state index in [1.807, 2.05) is 24.3 Å². The van der Waals surface area contributed by atoms with Crippen molar-refractivity contribution in [2.45, 2.75) is 5.60 Å². The molecule has 5 heteroatoms. The Kier molecular flexibility index (Phi) is 1.92.